The van der Waals surface area contributed by atoms with E-state index in [2.05, 4.69) is 15.9 Å². The summed E-state index contributed by atoms with van der Waals surface area (Å²) in [5.41, 5.74) is 1.08. The molecule has 1 saturated heterocycles. The minimum atomic E-state index is -0.482. The van der Waals surface area contributed by atoms with Crippen molar-refractivity contribution in [3.63, 3.8) is 0 Å². The van der Waals surface area contributed by atoms with Gasteiger partial charge in [0.2, 0.25) is 0 Å². The Morgan fingerprint density at radius 3 is 2.57 bits per heavy atom. The summed E-state index contributed by atoms with van der Waals surface area (Å²) in [7, 11) is 0. The second-order valence-electron chi connectivity index (χ2n) is 6.34. The van der Waals surface area contributed by atoms with E-state index in [0.29, 0.717) is 17.1 Å². The van der Waals surface area contributed by atoms with Gasteiger partial charge >= 0.3 is 0 Å². The molecule has 0 atom stereocenters. The Labute approximate surface area is 183 Å². The summed E-state index contributed by atoms with van der Waals surface area (Å²) >= 11 is 4.25. The maximum Gasteiger partial charge on any atom is 0.293 e. The monoisotopic (exact) mass is 484 g/mol. The third-order valence-corrected chi connectivity index (χ3v) is 6.11. The smallest absolute Gasteiger partial charge is 0.293 e. The van der Waals surface area contributed by atoms with Gasteiger partial charge in [-0.15, -0.1) is 0 Å². The van der Waals surface area contributed by atoms with E-state index in [9.17, 15) is 19.7 Å². The highest BCUT2D eigenvalue weighted by molar-refractivity contribution is 9.10. The number of nitro benzene ring substituents is 1. The number of hydrogen-bond donors (Lipinski definition) is 0. The van der Waals surface area contributed by atoms with Gasteiger partial charge in [-0.3, -0.25) is 24.6 Å². The number of imide groups is 1. The SMILES string of the molecule is O=C1S/C(=C/c2ccc(-c3ccccc3[N+](=O)[O-])o2)C(=O)N1Cc1ccccc1Br. The average Bonchev–Trinajstić information content (AvgIpc) is 3.30. The van der Waals surface area contributed by atoms with Gasteiger partial charge in [-0.2, -0.15) is 0 Å². The second kappa shape index (κ2) is 8.29. The molecule has 2 amide bonds. The number of furan rings is 1. The fraction of sp³-hybridized carbons (Fsp3) is 0.0476. The van der Waals surface area contributed by atoms with Gasteiger partial charge in [0.1, 0.15) is 11.5 Å². The predicted molar refractivity (Wildman–Crippen MR) is 116 cm³/mol. The summed E-state index contributed by atoms with van der Waals surface area (Å²) < 4.78 is 6.51. The van der Waals surface area contributed by atoms with Gasteiger partial charge in [-0.25, -0.2) is 0 Å². The summed E-state index contributed by atoms with van der Waals surface area (Å²) in [4.78, 5) is 37.2. The minimum absolute atomic E-state index is 0.0767. The summed E-state index contributed by atoms with van der Waals surface area (Å²) in [6.45, 7) is 0.156. The lowest BCUT2D eigenvalue weighted by atomic mass is 10.1. The van der Waals surface area contributed by atoms with E-state index >= 15 is 0 Å². The summed E-state index contributed by atoms with van der Waals surface area (Å²) in [6, 6.07) is 16.8. The number of para-hydroxylation sites is 1. The first kappa shape index (κ1) is 20.1. The van der Waals surface area contributed by atoms with Crippen molar-refractivity contribution in [2.75, 3.05) is 0 Å². The number of carbonyl (C=O) groups excluding carboxylic acids is 2. The highest BCUT2D eigenvalue weighted by Gasteiger charge is 2.35. The Hall–Kier alpha value is -3.17. The molecule has 0 spiro atoms. The first-order chi connectivity index (χ1) is 14.4. The third kappa shape index (κ3) is 3.94. The van der Waals surface area contributed by atoms with Crippen molar-refractivity contribution in [2.24, 2.45) is 0 Å². The number of benzene rings is 2. The highest BCUT2D eigenvalue weighted by Crippen LogP contribution is 2.36. The van der Waals surface area contributed by atoms with E-state index in [1.807, 2.05) is 24.3 Å². The van der Waals surface area contributed by atoms with Crippen LogP contribution in [0.2, 0.25) is 0 Å². The Balaban J connectivity index is 1.58. The zero-order valence-corrected chi connectivity index (χ0v) is 17.7. The lowest BCUT2D eigenvalue weighted by molar-refractivity contribution is -0.384. The number of hydrogen-bond acceptors (Lipinski definition) is 6. The fourth-order valence-electron chi connectivity index (χ4n) is 2.98. The molecule has 0 N–H and O–H groups in total. The van der Waals surface area contributed by atoms with Gasteiger partial charge in [0.15, 0.2) is 0 Å². The largest absolute Gasteiger partial charge is 0.456 e. The lowest BCUT2D eigenvalue weighted by Gasteiger charge is -2.13. The Bertz CT molecular complexity index is 1200. The van der Waals surface area contributed by atoms with Crippen LogP contribution < -0.4 is 0 Å². The molecule has 1 aliphatic heterocycles. The van der Waals surface area contributed by atoms with Crippen LogP contribution >= 0.6 is 27.7 Å². The van der Waals surface area contributed by atoms with Crippen molar-refractivity contribution in [3.05, 3.63) is 91.5 Å². The van der Waals surface area contributed by atoms with Crippen LogP contribution in [0.25, 0.3) is 17.4 Å². The molecule has 1 aliphatic rings. The Morgan fingerprint density at radius 1 is 1.07 bits per heavy atom. The zero-order chi connectivity index (χ0) is 21.3. The fourth-order valence-corrected chi connectivity index (χ4v) is 4.21. The van der Waals surface area contributed by atoms with Crippen LogP contribution in [0.3, 0.4) is 0 Å². The van der Waals surface area contributed by atoms with Crippen molar-refractivity contribution in [1.29, 1.82) is 0 Å². The molecule has 0 aliphatic carbocycles. The number of carbonyl (C=O) groups is 2. The molecule has 4 rings (SSSR count). The van der Waals surface area contributed by atoms with Gasteiger partial charge in [-0.05, 0) is 41.6 Å². The molecular formula is C21H13BrN2O5S. The van der Waals surface area contributed by atoms with E-state index < -0.39 is 10.8 Å². The maximum absolute atomic E-state index is 12.7. The molecule has 3 aromatic rings. The molecular weight excluding hydrogens is 472 g/mol. The Kier molecular flexibility index (Phi) is 5.56. The molecule has 1 fully saturated rings. The van der Waals surface area contributed by atoms with E-state index in [1.165, 1.54) is 17.0 Å². The molecule has 1 aromatic heterocycles. The maximum atomic E-state index is 12.7. The van der Waals surface area contributed by atoms with E-state index in [1.54, 1.807) is 30.3 Å². The van der Waals surface area contributed by atoms with Gasteiger partial charge in [0, 0.05) is 16.6 Å². The molecule has 2 heterocycles. The van der Waals surface area contributed by atoms with E-state index in [0.717, 1.165) is 21.8 Å². The number of nitro groups is 1. The van der Waals surface area contributed by atoms with Crippen LogP contribution in [0, 0.1) is 10.1 Å². The number of halogens is 1. The van der Waals surface area contributed by atoms with E-state index in [4.69, 9.17) is 4.42 Å². The van der Waals surface area contributed by atoms with Crippen molar-refractivity contribution in [2.45, 2.75) is 6.54 Å². The topological polar surface area (TPSA) is 93.7 Å². The van der Waals surface area contributed by atoms with Crippen molar-refractivity contribution >= 4 is 50.6 Å². The molecule has 30 heavy (non-hydrogen) atoms. The first-order valence-corrected chi connectivity index (χ1v) is 10.4. The third-order valence-electron chi connectivity index (χ3n) is 4.43. The number of thioether (sulfide) groups is 1. The van der Waals surface area contributed by atoms with Gasteiger partial charge in [-0.1, -0.05) is 46.3 Å². The molecule has 0 radical (unpaired) electrons. The molecule has 2 aromatic carbocycles. The molecule has 150 valence electrons. The van der Waals surface area contributed by atoms with Crippen LogP contribution in [0.15, 0.2) is 74.5 Å². The summed E-state index contributed by atoms with van der Waals surface area (Å²) in [5.74, 6) is 0.222. The van der Waals surface area contributed by atoms with Crippen molar-refractivity contribution in [1.82, 2.24) is 4.90 Å². The van der Waals surface area contributed by atoms with Crippen molar-refractivity contribution in [3.8, 4) is 11.3 Å². The Morgan fingerprint density at radius 2 is 1.80 bits per heavy atom. The number of rotatable bonds is 5. The zero-order valence-electron chi connectivity index (χ0n) is 15.3. The predicted octanol–water partition coefficient (Wildman–Crippen LogP) is 5.85. The van der Waals surface area contributed by atoms with Gasteiger partial charge < -0.3 is 4.42 Å². The molecule has 7 nitrogen and oxygen atoms in total. The normalized spacial score (nSPS) is 15.2. The molecule has 0 unspecified atom stereocenters. The van der Waals surface area contributed by atoms with Crippen LogP contribution in [-0.4, -0.2) is 21.0 Å². The summed E-state index contributed by atoms with van der Waals surface area (Å²) in [5, 5.41) is 10.9. The standard InChI is InChI=1S/C21H13BrN2O5S/c22-16-7-3-1-5-13(16)12-23-20(25)19(30-21(23)26)11-14-9-10-18(29-14)15-6-2-4-8-17(15)24(27)28/h1-11H,12H2/b19-11+. The molecule has 0 saturated carbocycles. The highest BCUT2D eigenvalue weighted by atomic mass is 79.9. The lowest BCUT2D eigenvalue weighted by Crippen LogP contribution is -2.27. The molecule has 0 bridgehead atoms. The van der Waals surface area contributed by atoms with Crippen LogP contribution in [0.4, 0.5) is 10.5 Å². The second-order valence-corrected chi connectivity index (χ2v) is 8.18. The molecule has 9 heteroatoms. The minimum Gasteiger partial charge on any atom is -0.456 e. The van der Waals surface area contributed by atoms with Gasteiger partial charge in [0.25, 0.3) is 16.8 Å². The number of amides is 2. The van der Waals surface area contributed by atoms with Crippen molar-refractivity contribution < 1.29 is 18.9 Å². The average molecular weight is 485 g/mol. The summed E-state index contributed by atoms with van der Waals surface area (Å²) in [6.07, 6.45) is 1.48. The van der Waals surface area contributed by atoms with Crippen LogP contribution in [0.1, 0.15) is 11.3 Å². The number of nitrogens with zero attached hydrogens (tertiary/aromatic N) is 2. The van der Waals surface area contributed by atoms with Crippen LogP contribution in [0.5, 0.6) is 0 Å². The first-order valence-electron chi connectivity index (χ1n) is 8.76. The van der Waals surface area contributed by atoms with Crippen LogP contribution in [-0.2, 0) is 11.3 Å². The van der Waals surface area contributed by atoms with Gasteiger partial charge in [0.05, 0.1) is 21.9 Å². The van der Waals surface area contributed by atoms with E-state index in [-0.39, 0.29) is 22.4 Å². The quantitative estimate of drug-likeness (QED) is 0.256.